The molecule has 0 spiro atoms. The van der Waals surface area contributed by atoms with Crippen molar-refractivity contribution < 1.29 is 31.4 Å². The van der Waals surface area contributed by atoms with E-state index in [4.69, 9.17) is 11.3 Å². The quantitative estimate of drug-likeness (QED) is 0.195. The maximum atomic E-state index is 7.45. The molecule has 0 aliphatic rings. The number of pyridine rings is 3. The van der Waals surface area contributed by atoms with Crippen LogP contribution in [0.5, 0.6) is 0 Å². The van der Waals surface area contributed by atoms with Crippen LogP contribution in [0.4, 0.5) is 0 Å². The van der Waals surface area contributed by atoms with Crippen molar-refractivity contribution in [2.75, 3.05) is 0 Å². The Kier molecular flexibility index (Phi) is 5.49. The van der Waals surface area contributed by atoms with Crippen LogP contribution < -0.4 is 0 Å². The molecule has 34 heavy (non-hydrogen) atoms. The van der Waals surface area contributed by atoms with Crippen LogP contribution in [0.25, 0.3) is 44.6 Å². The number of benzene rings is 2. The number of hydrogen-bond donors (Lipinski definition) is 0. The summed E-state index contributed by atoms with van der Waals surface area (Å²) >= 11 is 0. The summed E-state index contributed by atoms with van der Waals surface area (Å²) in [4.78, 5) is 12.7. The van der Waals surface area contributed by atoms with Gasteiger partial charge in [0.15, 0.2) is 0 Å². The second-order valence-electron chi connectivity index (χ2n) is 7.21. The zero-order valence-electron chi connectivity index (χ0n) is 22.8. The van der Waals surface area contributed by atoms with Crippen molar-refractivity contribution in [1.29, 1.82) is 0 Å². The molecule has 4 nitrogen and oxygen atoms in total. The van der Waals surface area contributed by atoms with Crippen LogP contribution in [0.15, 0.2) is 95.7 Å². The van der Waals surface area contributed by atoms with Crippen LogP contribution in [0.1, 0.15) is 18.1 Å². The van der Waals surface area contributed by atoms with Crippen LogP contribution in [0, 0.1) is 25.9 Å². The first-order chi connectivity index (χ1) is 18.3. The molecule has 0 unspecified atom stereocenters. The molecule has 0 fully saturated rings. The van der Waals surface area contributed by atoms with Gasteiger partial charge in [-0.3, -0.25) is 0 Å². The molecule has 2 aromatic carbocycles. The molecule has 169 valence electrons. The third-order valence-electron chi connectivity index (χ3n) is 4.99. The summed E-state index contributed by atoms with van der Waals surface area (Å²) in [5, 5.41) is 1.80. The van der Waals surface area contributed by atoms with Crippen molar-refractivity contribution in [3.8, 4) is 22.5 Å². The van der Waals surface area contributed by atoms with Gasteiger partial charge >= 0.3 is 0 Å². The molecule has 6 rings (SSSR count). The first-order valence-corrected chi connectivity index (χ1v) is 10.2. The van der Waals surface area contributed by atoms with Crippen LogP contribution in [0.3, 0.4) is 0 Å². The largest absolute Gasteiger partial charge is 0.486 e. The maximum Gasteiger partial charge on any atom is 0.216 e. The molecule has 4 aromatic heterocycles. The van der Waals surface area contributed by atoms with Crippen molar-refractivity contribution in [2.45, 2.75) is 13.7 Å². The molecule has 0 aliphatic heterocycles. The summed E-state index contributed by atoms with van der Waals surface area (Å²) in [5.74, 6) is 0. The van der Waals surface area contributed by atoms with Crippen LogP contribution in [0.2, 0.25) is 0 Å². The summed E-state index contributed by atoms with van der Waals surface area (Å²) in [7, 11) is 0. The minimum absolute atomic E-state index is 0. The molecule has 0 amide bonds. The molecule has 0 saturated carbocycles. The summed E-state index contributed by atoms with van der Waals surface area (Å²) in [5.41, 5.74) is 4.90. The molecule has 0 bridgehead atoms. The van der Waals surface area contributed by atoms with E-state index in [9.17, 15) is 0 Å². The SMILES string of the molecule is [2H]C([2H])([2H])c1ccc(-c2[c-]cccc2)nc1.[2H]C([2H])c1ccc2c(n1)oc1c(-c3ccccn3)[c-]ccc12.[Ir]. The molecule has 1 radical (unpaired) electrons. The molecule has 6 aromatic rings. The smallest absolute Gasteiger partial charge is 0.216 e. The van der Waals surface area contributed by atoms with Gasteiger partial charge < -0.3 is 14.4 Å². The predicted octanol–water partition coefficient (Wildman–Crippen LogP) is 7.01. The number of nitrogens with zero attached hydrogens (tertiary/aromatic N) is 3. The van der Waals surface area contributed by atoms with E-state index in [0.717, 1.165) is 33.3 Å². The summed E-state index contributed by atoms with van der Waals surface area (Å²) < 4.78 is 42.5. The van der Waals surface area contributed by atoms with Crippen LogP contribution in [-0.2, 0) is 20.1 Å². The van der Waals surface area contributed by atoms with Crippen molar-refractivity contribution in [1.82, 2.24) is 15.0 Å². The van der Waals surface area contributed by atoms with E-state index in [2.05, 4.69) is 27.1 Å². The number of fused-ring (bicyclic) bond motifs is 3. The Morgan fingerprint density at radius 1 is 0.824 bits per heavy atom. The normalized spacial score (nSPS) is 13.0. The molecule has 5 heteroatoms. The minimum atomic E-state index is -2.09. The topological polar surface area (TPSA) is 51.8 Å². The number of rotatable bonds is 2. The van der Waals surface area contributed by atoms with Gasteiger partial charge in [0, 0.05) is 50.4 Å². The average Bonchev–Trinajstić information content (AvgIpc) is 3.32. The van der Waals surface area contributed by atoms with E-state index in [0.29, 0.717) is 17.0 Å². The molecular formula is C29H21IrN3O-2. The number of aryl methyl sites for hydroxylation is 2. The first kappa shape index (κ1) is 17.8. The van der Waals surface area contributed by atoms with Crippen molar-refractivity contribution in [3.63, 3.8) is 0 Å². The van der Waals surface area contributed by atoms with Gasteiger partial charge in [-0.15, -0.1) is 54.1 Å². The fourth-order valence-corrected chi connectivity index (χ4v) is 3.44. The van der Waals surface area contributed by atoms with E-state index in [-0.39, 0.29) is 25.7 Å². The van der Waals surface area contributed by atoms with E-state index < -0.39 is 13.7 Å². The number of aromatic nitrogens is 3. The van der Waals surface area contributed by atoms with Gasteiger partial charge in [0.25, 0.3) is 0 Å². The molecular weight excluding hydrogens is 599 g/mol. The van der Waals surface area contributed by atoms with E-state index >= 15 is 0 Å². The first-order valence-electron chi connectivity index (χ1n) is 12.9. The Morgan fingerprint density at radius 3 is 2.50 bits per heavy atom. The number of hydrogen-bond acceptors (Lipinski definition) is 4. The minimum Gasteiger partial charge on any atom is -0.486 e. The predicted molar refractivity (Wildman–Crippen MR) is 132 cm³/mol. The van der Waals surface area contributed by atoms with Crippen LogP contribution >= 0.6 is 0 Å². The van der Waals surface area contributed by atoms with Gasteiger partial charge in [-0.2, -0.15) is 0 Å². The van der Waals surface area contributed by atoms with Gasteiger partial charge in [-0.05, 0) is 48.9 Å². The van der Waals surface area contributed by atoms with Gasteiger partial charge in [-0.25, -0.2) is 4.98 Å². The summed E-state index contributed by atoms with van der Waals surface area (Å²) in [6, 6.07) is 29.9. The standard InChI is InChI=1S/C17H11N2O.C12H10N.Ir/c1-11-8-9-13-12-5-4-6-14(15-7-2-3-10-18-15)16(12)20-17(13)19-11;1-10-7-8-12(13-9-10)11-5-3-2-4-6-11;/h2-5,7-10H,1H3;2-5,7-9H,1H3;/q2*-1;/i1D2;1D3;. The monoisotopic (exact) mass is 625 g/mol. The van der Waals surface area contributed by atoms with Crippen molar-refractivity contribution in [3.05, 3.63) is 115 Å². The van der Waals surface area contributed by atoms with Gasteiger partial charge in [0.05, 0.1) is 5.58 Å². The molecule has 0 aliphatic carbocycles. The van der Waals surface area contributed by atoms with Crippen LogP contribution in [-0.4, -0.2) is 15.0 Å². The van der Waals surface area contributed by atoms with Gasteiger partial charge in [-0.1, -0.05) is 35.2 Å². The Balaban J connectivity index is 0.000000186. The van der Waals surface area contributed by atoms with Gasteiger partial charge in [0.2, 0.25) is 5.71 Å². The van der Waals surface area contributed by atoms with E-state index in [1.807, 2.05) is 54.6 Å². The summed E-state index contributed by atoms with van der Waals surface area (Å²) in [6.07, 6.45) is 3.12. The Bertz CT molecular complexity index is 1670. The van der Waals surface area contributed by atoms with Crippen molar-refractivity contribution >= 4 is 22.1 Å². The molecule has 4 heterocycles. The Hall–Kier alpha value is -3.66. The van der Waals surface area contributed by atoms with Crippen molar-refractivity contribution in [2.24, 2.45) is 0 Å². The third-order valence-corrected chi connectivity index (χ3v) is 4.99. The maximum absolute atomic E-state index is 7.45. The zero-order chi connectivity index (χ0) is 26.7. The molecule has 0 saturated heterocycles. The van der Waals surface area contributed by atoms with E-state index in [1.54, 1.807) is 30.5 Å². The molecule has 0 N–H and O–H groups in total. The second kappa shape index (κ2) is 10.5. The summed E-state index contributed by atoms with van der Waals surface area (Å²) in [6.45, 7) is -3.22. The number of furan rings is 1. The molecule has 0 atom stereocenters. The van der Waals surface area contributed by atoms with Gasteiger partial charge in [0.1, 0.15) is 0 Å². The average molecular weight is 625 g/mol. The zero-order valence-corrected chi connectivity index (χ0v) is 20.2. The second-order valence-corrected chi connectivity index (χ2v) is 7.21. The fraction of sp³-hybridized carbons (Fsp3) is 0.0690. The third kappa shape index (κ3) is 4.96. The Labute approximate surface area is 219 Å². The fourth-order valence-electron chi connectivity index (χ4n) is 3.44. The van der Waals surface area contributed by atoms with E-state index in [1.165, 1.54) is 6.20 Å². The Morgan fingerprint density at radius 2 is 1.76 bits per heavy atom.